The third kappa shape index (κ3) is 2.87. The van der Waals surface area contributed by atoms with Gasteiger partial charge in [-0.2, -0.15) is 0 Å². The van der Waals surface area contributed by atoms with Crippen LogP contribution in [-0.4, -0.2) is 18.6 Å². The summed E-state index contributed by atoms with van der Waals surface area (Å²) in [7, 11) is 1.40. The molecule has 0 saturated heterocycles. The van der Waals surface area contributed by atoms with Gasteiger partial charge in [-0.1, -0.05) is 29.8 Å². The van der Waals surface area contributed by atoms with Crippen LogP contribution in [0.15, 0.2) is 36.4 Å². The van der Waals surface area contributed by atoms with Crippen LogP contribution in [0, 0.1) is 6.92 Å². The average Bonchev–Trinajstić information content (AvgIpc) is 2.37. The molecule has 0 aliphatic heterocycles. The van der Waals surface area contributed by atoms with Crippen molar-refractivity contribution >= 4 is 22.4 Å². The highest BCUT2D eigenvalue weighted by atomic mass is 16.5. The molecule has 2 rings (SSSR count). The minimum absolute atomic E-state index is 0.281. The molecule has 2 aromatic carbocycles. The second kappa shape index (κ2) is 4.92. The van der Waals surface area contributed by atoms with E-state index in [9.17, 15) is 4.79 Å². The van der Waals surface area contributed by atoms with Crippen LogP contribution in [0.1, 0.15) is 19.4 Å². The third-order valence-corrected chi connectivity index (χ3v) is 3.15. The summed E-state index contributed by atoms with van der Waals surface area (Å²) in [6.07, 6.45) is 0. The zero-order chi connectivity index (χ0) is 14.0. The highest BCUT2D eigenvalue weighted by Crippen LogP contribution is 2.23. The molecule has 0 bridgehead atoms. The summed E-state index contributed by atoms with van der Waals surface area (Å²) < 4.78 is 4.79. The zero-order valence-corrected chi connectivity index (χ0v) is 11.8. The number of aryl methyl sites for hydroxylation is 1. The predicted molar refractivity (Wildman–Crippen MR) is 78.4 cm³/mol. The van der Waals surface area contributed by atoms with Gasteiger partial charge in [-0.05, 0) is 43.7 Å². The molecular formula is C16H19NO2. The number of ether oxygens (including phenoxy) is 1. The maximum Gasteiger partial charge on any atom is 0.330 e. The number of hydrogen-bond donors (Lipinski definition) is 1. The molecule has 19 heavy (non-hydrogen) atoms. The first-order chi connectivity index (χ1) is 8.92. The molecular weight excluding hydrogens is 238 g/mol. The number of nitrogens with one attached hydrogen (secondary N) is 1. The molecule has 3 nitrogen and oxygen atoms in total. The highest BCUT2D eigenvalue weighted by Gasteiger charge is 2.28. The Morgan fingerprint density at radius 2 is 1.74 bits per heavy atom. The van der Waals surface area contributed by atoms with Gasteiger partial charge in [0.05, 0.1) is 7.11 Å². The Kier molecular flexibility index (Phi) is 3.47. The molecule has 0 aliphatic rings. The molecule has 0 aromatic heterocycles. The molecule has 100 valence electrons. The molecule has 0 radical (unpaired) electrons. The second-order valence-electron chi connectivity index (χ2n) is 5.31. The number of methoxy groups -OCH3 is 1. The molecule has 0 heterocycles. The Balaban J connectivity index is 2.32. The molecule has 0 spiro atoms. The van der Waals surface area contributed by atoms with Crippen molar-refractivity contribution < 1.29 is 9.53 Å². The van der Waals surface area contributed by atoms with Gasteiger partial charge < -0.3 is 10.1 Å². The third-order valence-electron chi connectivity index (χ3n) is 3.15. The fraction of sp³-hybridized carbons (Fsp3) is 0.312. The molecule has 2 aromatic rings. The summed E-state index contributed by atoms with van der Waals surface area (Å²) in [5.74, 6) is -0.281. The van der Waals surface area contributed by atoms with Gasteiger partial charge in [-0.3, -0.25) is 0 Å². The molecule has 0 atom stereocenters. The lowest BCUT2D eigenvalue weighted by Crippen LogP contribution is -2.41. The first-order valence-corrected chi connectivity index (χ1v) is 6.29. The lowest BCUT2D eigenvalue weighted by atomic mass is 10.0. The number of carbonyl (C=O) groups is 1. The van der Waals surface area contributed by atoms with Crippen LogP contribution in [0.25, 0.3) is 10.8 Å². The van der Waals surface area contributed by atoms with E-state index in [2.05, 4.69) is 36.5 Å². The Morgan fingerprint density at radius 3 is 2.42 bits per heavy atom. The van der Waals surface area contributed by atoms with E-state index in [-0.39, 0.29) is 5.97 Å². The van der Waals surface area contributed by atoms with Gasteiger partial charge in [0.25, 0.3) is 0 Å². The van der Waals surface area contributed by atoms with Crippen molar-refractivity contribution in [1.29, 1.82) is 0 Å². The van der Waals surface area contributed by atoms with Gasteiger partial charge in [0, 0.05) is 5.69 Å². The summed E-state index contributed by atoms with van der Waals surface area (Å²) >= 11 is 0. The zero-order valence-electron chi connectivity index (χ0n) is 11.8. The number of fused-ring (bicyclic) bond motifs is 1. The van der Waals surface area contributed by atoms with Gasteiger partial charge in [0.2, 0.25) is 0 Å². The van der Waals surface area contributed by atoms with Gasteiger partial charge in [-0.25, -0.2) is 4.79 Å². The molecule has 0 amide bonds. The van der Waals surface area contributed by atoms with E-state index in [1.54, 1.807) is 13.8 Å². The van der Waals surface area contributed by atoms with E-state index >= 15 is 0 Å². The lowest BCUT2D eigenvalue weighted by Gasteiger charge is -2.24. The van der Waals surface area contributed by atoms with Crippen molar-refractivity contribution in [3.8, 4) is 0 Å². The van der Waals surface area contributed by atoms with E-state index in [0.29, 0.717) is 0 Å². The van der Waals surface area contributed by atoms with Crippen LogP contribution in [0.5, 0.6) is 0 Å². The van der Waals surface area contributed by atoms with Crippen molar-refractivity contribution in [2.24, 2.45) is 0 Å². The largest absolute Gasteiger partial charge is 0.467 e. The summed E-state index contributed by atoms with van der Waals surface area (Å²) in [5.41, 5.74) is 1.41. The first-order valence-electron chi connectivity index (χ1n) is 6.29. The average molecular weight is 257 g/mol. The second-order valence-corrected chi connectivity index (χ2v) is 5.31. The number of carbonyl (C=O) groups excluding carboxylic acids is 1. The van der Waals surface area contributed by atoms with Crippen LogP contribution in [-0.2, 0) is 9.53 Å². The normalized spacial score (nSPS) is 11.4. The van der Waals surface area contributed by atoms with Gasteiger partial charge in [0.1, 0.15) is 5.54 Å². The fourth-order valence-corrected chi connectivity index (χ4v) is 2.11. The number of rotatable bonds is 3. The van der Waals surface area contributed by atoms with Crippen LogP contribution in [0.2, 0.25) is 0 Å². The van der Waals surface area contributed by atoms with Crippen LogP contribution < -0.4 is 5.32 Å². The van der Waals surface area contributed by atoms with Crippen molar-refractivity contribution in [2.45, 2.75) is 26.3 Å². The quantitative estimate of drug-likeness (QED) is 0.855. The van der Waals surface area contributed by atoms with Gasteiger partial charge >= 0.3 is 5.97 Å². The van der Waals surface area contributed by atoms with Crippen molar-refractivity contribution in [3.05, 3.63) is 42.0 Å². The van der Waals surface area contributed by atoms with Crippen LogP contribution in [0.3, 0.4) is 0 Å². The van der Waals surface area contributed by atoms with Crippen molar-refractivity contribution in [3.63, 3.8) is 0 Å². The Labute approximate surface area is 113 Å². The Bertz CT molecular complexity index is 617. The Hall–Kier alpha value is -2.03. The van der Waals surface area contributed by atoms with Crippen LogP contribution in [0.4, 0.5) is 5.69 Å². The molecule has 0 unspecified atom stereocenters. The molecule has 0 fully saturated rings. The standard InChI is InChI=1S/C16H19NO2/c1-11-5-6-13-10-14(8-7-12(13)9-11)17-16(2,3)15(18)19-4/h5-10,17H,1-4H3. The minimum atomic E-state index is -0.743. The monoisotopic (exact) mass is 257 g/mol. The van der Waals surface area contributed by atoms with Crippen LogP contribution >= 0.6 is 0 Å². The summed E-state index contributed by atoms with van der Waals surface area (Å²) in [6, 6.07) is 12.4. The first kappa shape index (κ1) is 13.4. The molecule has 1 N–H and O–H groups in total. The topological polar surface area (TPSA) is 38.3 Å². The van der Waals surface area contributed by atoms with Gasteiger partial charge in [0.15, 0.2) is 0 Å². The Morgan fingerprint density at radius 1 is 1.11 bits per heavy atom. The lowest BCUT2D eigenvalue weighted by molar-refractivity contribution is -0.144. The fourth-order valence-electron chi connectivity index (χ4n) is 2.11. The van der Waals surface area contributed by atoms with E-state index in [1.165, 1.54) is 18.1 Å². The molecule has 0 aliphatic carbocycles. The van der Waals surface area contributed by atoms with E-state index in [0.717, 1.165) is 11.1 Å². The summed E-state index contributed by atoms with van der Waals surface area (Å²) in [5, 5.41) is 5.55. The summed E-state index contributed by atoms with van der Waals surface area (Å²) in [6.45, 7) is 5.68. The molecule has 0 saturated carbocycles. The maximum atomic E-state index is 11.7. The molecule has 3 heteroatoms. The number of anilines is 1. The number of esters is 1. The van der Waals surface area contributed by atoms with Crippen molar-refractivity contribution in [2.75, 3.05) is 12.4 Å². The van der Waals surface area contributed by atoms with E-state index < -0.39 is 5.54 Å². The maximum absolute atomic E-state index is 11.7. The predicted octanol–water partition coefficient (Wildman–Crippen LogP) is 3.51. The number of benzene rings is 2. The van der Waals surface area contributed by atoms with E-state index in [1.807, 2.05) is 12.1 Å². The summed E-state index contributed by atoms with van der Waals surface area (Å²) in [4.78, 5) is 11.7. The number of hydrogen-bond acceptors (Lipinski definition) is 3. The smallest absolute Gasteiger partial charge is 0.330 e. The highest BCUT2D eigenvalue weighted by molar-refractivity contribution is 5.88. The van der Waals surface area contributed by atoms with Crippen molar-refractivity contribution in [1.82, 2.24) is 0 Å². The minimum Gasteiger partial charge on any atom is -0.467 e. The van der Waals surface area contributed by atoms with Gasteiger partial charge in [-0.15, -0.1) is 0 Å². The SMILES string of the molecule is COC(=O)C(C)(C)Nc1ccc2cc(C)ccc2c1. The van der Waals surface area contributed by atoms with E-state index in [4.69, 9.17) is 4.74 Å².